The normalized spacial score (nSPS) is 12.9. The van der Waals surface area contributed by atoms with E-state index in [0.29, 0.717) is 12.5 Å². The summed E-state index contributed by atoms with van der Waals surface area (Å²) >= 11 is 7.93. The first kappa shape index (κ1) is 13.7. The number of halogens is 1. The lowest BCUT2D eigenvalue weighted by molar-refractivity contribution is 0.704. The first-order valence-electron chi connectivity index (χ1n) is 6.68. The molecule has 0 aliphatic heterocycles. The quantitative estimate of drug-likeness (QED) is 0.733. The van der Waals surface area contributed by atoms with Gasteiger partial charge in [-0.05, 0) is 60.7 Å². The van der Waals surface area contributed by atoms with Crippen molar-refractivity contribution in [3.8, 4) is 0 Å². The lowest BCUT2D eigenvalue weighted by Gasteiger charge is -2.14. The van der Waals surface area contributed by atoms with Crippen molar-refractivity contribution in [2.24, 2.45) is 5.73 Å². The highest BCUT2D eigenvalue weighted by atomic mass is 35.5. The maximum absolute atomic E-state index is 6.12. The molecule has 0 amide bonds. The number of aromatic nitrogens is 1. The van der Waals surface area contributed by atoms with Gasteiger partial charge in [-0.2, -0.15) is 0 Å². The van der Waals surface area contributed by atoms with E-state index in [1.165, 1.54) is 21.4 Å². The number of thiophene rings is 1. The largest absolute Gasteiger partial charge is 0.361 e. The van der Waals surface area contributed by atoms with Crippen LogP contribution >= 0.6 is 22.9 Å². The number of nitrogens with one attached hydrogen (secondary N) is 1. The Morgan fingerprint density at radius 3 is 2.90 bits per heavy atom. The van der Waals surface area contributed by atoms with Crippen molar-refractivity contribution in [3.63, 3.8) is 0 Å². The predicted molar refractivity (Wildman–Crippen MR) is 87.9 cm³/mol. The van der Waals surface area contributed by atoms with Gasteiger partial charge in [0.15, 0.2) is 0 Å². The molecule has 3 N–H and O–H groups in total. The van der Waals surface area contributed by atoms with Crippen LogP contribution in [0.1, 0.15) is 21.9 Å². The Morgan fingerprint density at radius 2 is 2.20 bits per heavy atom. The van der Waals surface area contributed by atoms with Gasteiger partial charge in [0.25, 0.3) is 0 Å². The third-order valence-corrected chi connectivity index (χ3v) is 5.08. The zero-order chi connectivity index (χ0) is 14.1. The lowest BCUT2D eigenvalue weighted by atomic mass is 9.94. The first-order valence-corrected chi connectivity index (χ1v) is 7.94. The molecule has 2 heterocycles. The summed E-state index contributed by atoms with van der Waals surface area (Å²) in [7, 11) is 0. The zero-order valence-electron chi connectivity index (χ0n) is 11.3. The van der Waals surface area contributed by atoms with Crippen molar-refractivity contribution in [1.82, 2.24) is 4.98 Å². The number of benzene rings is 1. The zero-order valence-corrected chi connectivity index (χ0v) is 12.9. The molecule has 0 saturated carbocycles. The summed E-state index contributed by atoms with van der Waals surface area (Å²) in [6.07, 6.45) is 3.06. The van der Waals surface area contributed by atoms with Gasteiger partial charge in [-0.25, -0.2) is 0 Å². The van der Waals surface area contributed by atoms with Crippen molar-refractivity contribution < 1.29 is 0 Å². The molecular weight excluding hydrogens is 288 g/mol. The summed E-state index contributed by atoms with van der Waals surface area (Å²) in [6.45, 7) is 2.79. The molecule has 0 radical (unpaired) electrons. The van der Waals surface area contributed by atoms with Crippen LogP contribution in [0, 0.1) is 6.92 Å². The van der Waals surface area contributed by atoms with Crippen LogP contribution in [0.2, 0.25) is 5.02 Å². The van der Waals surface area contributed by atoms with Crippen molar-refractivity contribution >= 4 is 33.8 Å². The second-order valence-corrected chi connectivity index (χ2v) is 6.53. The van der Waals surface area contributed by atoms with Crippen LogP contribution in [0.5, 0.6) is 0 Å². The van der Waals surface area contributed by atoms with Crippen LogP contribution in [0.4, 0.5) is 0 Å². The Balaban J connectivity index is 1.99. The van der Waals surface area contributed by atoms with Gasteiger partial charge in [-0.15, -0.1) is 11.3 Å². The third-order valence-electron chi connectivity index (χ3n) is 3.80. The fourth-order valence-electron chi connectivity index (χ4n) is 2.61. The standard InChI is InChI=1S/C16H17ClN2S/c1-10-4-5-20-16(10)6-11(8-18)14-9-19-15-3-2-12(17)7-13(14)15/h2-5,7,9,11,19H,6,8,18H2,1H3. The van der Waals surface area contributed by atoms with Crippen molar-refractivity contribution in [1.29, 1.82) is 0 Å². The van der Waals surface area contributed by atoms with E-state index in [4.69, 9.17) is 17.3 Å². The van der Waals surface area contributed by atoms with Gasteiger partial charge in [0.2, 0.25) is 0 Å². The smallest absolute Gasteiger partial charge is 0.0457 e. The van der Waals surface area contributed by atoms with Gasteiger partial charge >= 0.3 is 0 Å². The van der Waals surface area contributed by atoms with Crippen molar-refractivity contribution in [2.75, 3.05) is 6.54 Å². The molecule has 0 aliphatic carbocycles. The van der Waals surface area contributed by atoms with E-state index in [0.717, 1.165) is 17.0 Å². The number of hydrogen-bond acceptors (Lipinski definition) is 2. The van der Waals surface area contributed by atoms with Crippen LogP contribution in [-0.4, -0.2) is 11.5 Å². The number of aromatic amines is 1. The highest BCUT2D eigenvalue weighted by Gasteiger charge is 2.17. The Bertz CT molecular complexity index is 729. The molecule has 0 fully saturated rings. The number of fused-ring (bicyclic) bond motifs is 1. The molecule has 0 aliphatic rings. The Labute approximate surface area is 127 Å². The fraction of sp³-hybridized carbons (Fsp3) is 0.250. The van der Waals surface area contributed by atoms with Gasteiger partial charge in [0.05, 0.1) is 0 Å². The summed E-state index contributed by atoms with van der Waals surface area (Å²) in [5, 5.41) is 4.09. The molecule has 2 aromatic heterocycles. The van der Waals surface area contributed by atoms with Crippen molar-refractivity contribution in [3.05, 3.63) is 56.9 Å². The first-order chi connectivity index (χ1) is 9.69. The maximum atomic E-state index is 6.12. The number of H-pyrrole nitrogens is 1. The Kier molecular flexibility index (Phi) is 3.83. The minimum absolute atomic E-state index is 0.319. The molecule has 104 valence electrons. The van der Waals surface area contributed by atoms with E-state index >= 15 is 0 Å². The van der Waals surface area contributed by atoms with Gasteiger partial charge in [-0.1, -0.05) is 11.6 Å². The monoisotopic (exact) mass is 304 g/mol. The van der Waals surface area contributed by atoms with E-state index in [1.54, 1.807) is 0 Å². The highest BCUT2D eigenvalue weighted by molar-refractivity contribution is 7.10. The average molecular weight is 305 g/mol. The van der Waals surface area contributed by atoms with Gasteiger partial charge in [-0.3, -0.25) is 0 Å². The Morgan fingerprint density at radius 1 is 1.35 bits per heavy atom. The summed E-state index contributed by atoms with van der Waals surface area (Å²) in [5.74, 6) is 0.319. The summed E-state index contributed by atoms with van der Waals surface area (Å²) < 4.78 is 0. The molecule has 4 heteroatoms. The number of nitrogens with two attached hydrogens (primary N) is 1. The highest BCUT2D eigenvalue weighted by Crippen LogP contribution is 2.31. The molecule has 1 unspecified atom stereocenters. The molecule has 1 aromatic carbocycles. The Hall–Kier alpha value is -1.29. The van der Waals surface area contributed by atoms with Crippen LogP contribution < -0.4 is 5.73 Å². The van der Waals surface area contributed by atoms with E-state index in [9.17, 15) is 0 Å². The lowest BCUT2D eigenvalue weighted by Crippen LogP contribution is -2.14. The molecule has 2 nitrogen and oxygen atoms in total. The number of rotatable bonds is 4. The predicted octanol–water partition coefficient (Wildman–Crippen LogP) is 4.48. The summed E-state index contributed by atoms with van der Waals surface area (Å²) in [4.78, 5) is 4.73. The minimum Gasteiger partial charge on any atom is -0.361 e. The van der Waals surface area contributed by atoms with Crippen molar-refractivity contribution in [2.45, 2.75) is 19.3 Å². The molecule has 0 spiro atoms. The van der Waals surface area contributed by atoms with E-state index in [2.05, 4.69) is 29.6 Å². The second-order valence-electron chi connectivity index (χ2n) is 5.10. The van der Waals surface area contributed by atoms with Gasteiger partial charge in [0, 0.05) is 32.9 Å². The van der Waals surface area contributed by atoms with Crippen LogP contribution in [0.15, 0.2) is 35.8 Å². The molecule has 1 atom stereocenters. The average Bonchev–Trinajstić information content (AvgIpc) is 3.02. The third kappa shape index (κ3) is 2.49. The van der Waals surface area contributed by atoms with Gasteiger partial charge in [0.1, 0.15) is 0 Å². The summed E-state index contributed by atoms with van der Waals surface area (Å²) in [5.41, 5.74) is 9.75. The topological polar surface area (TPSA) is 41.8 Å². The molecule has 3 aromatic rings. The minimum atomic E-state index is 0.319. The van der Waals surface area contributed by atoms with Gasteiger partial charge < -0.3 is 10.7 Å². The van der Waals surface area contributed by atoms with Crippen LogP contribution in [-0.2, 0) is 6.42 Å². The second kappa shape index (κ2) is 5.60. The van der Waals surface area contributed by atoms with E-state index in [1.807, 2.05) is 29.5 Å². The molecule has 20 heavy (non-hydrogen) atoms. The van der Waals surface area contributed by atoms with Crippen LogP contribution in [0.25, 0.3) is 10.9 Å². The van der Waals surface area contributed by atoms with E-state index < -0.39 is 0 Å². The van der Waals surface area contributed by atoms with Crippen LogP contribution in [0.3, 0.4) is 0 Å². The molecule has 3 rings (SSSR count). The molecular formula is C16H17ClN2S. The number of aryl methyl sites for hydroxylation is 1. The SMILES string of the molecule is Cc1ccsc1CC(CN)c1c[nH]c2ccc(Cl)cc12. The number of hydrogen-bond donors (Lipinski definition) is 2. The molecule has 0 saturated heterocycles. The summed E-state index contributed by atoms with van der Waals surface area (Å²) in [6, 6.07) is 8.11. The maximum Gasteiger partial charge on any atom is 0.0457 e. The molecule has 0 bridgehead atoms. The fourth-order valence-corrected chi connectivity index (χ4v) is 3.77. The van der Waals surface area contributed by atoms with E-state index in [-0.39, 0.29) is 0 Å².